The molecule has 2 aromatic rings. The number of rotatable bonds is 3. The average Bonchev–Trinajstić information content (AvgIpc) is 2.49. The highest BCUT2D eigenvalue weighted by Gasteiger charge is 2.11. The van der Waals surface area contributed by atoms with Crippen LogP contribution in [-0.4, -0.2) is 24.0 Å². The van der Waals surface area contributed by atoms with Crippen LogP contribution in [0.3, 0.4) is 0 Å². The number of pyridine rings is 1. The molecule has 0 saturated heterocycles. The zero-order valence-electron chi connectivity index (χ0n) is 11.2. The first-order valence-electron chi connectivity index (χ1n) is 6.03. The van der Waals surface area contributed by atoms with E-state index in [1.165, 1.54) is 7.11 Å². The lowest BCUT2D eigenvalue weighted by Crippen LogP contribution is -2.14. The van der Waals surface area contributed by atoms with E-state index in [4.69, 9.17) is 0 Å². The average molecular weight is 270 g/mol. The Balaban J connectivity index is 2.25. The summed E-state index contributed by atoms with van der Waals surface area (Å²) in [5.74, 6) is -0.769. The number of carbonyl (C=O) groups excluding carboxylic acids is 2. The van der Waals surface area contributed by atoms with Gasteiger partial charge in [-0.15, -0.1) is 0 Å². The van der Waals surface area contributed by atoms with E-state index < -0.39 is 5.97 Å². The maximum Gasteiger partial charge on any atom is 0.337 e. The van der Waals surface area contributed by atoms with Crippen LogP contribution in [0.1, 0.15) is 26.4 Å². The summed E-state index contributed by atoms with van der Waals surface area (Å²) in [5.41, 5.74) is 2.11. The fraction of sp³-hybridized carbons (Fsp3) is 0.133. The summed E-state index contributed by atoms with van der Waals surface area (Å²) in [7, 11) is 1.31. The third-order valence-corrected chi connectivity index (χ3v) is 2.80. The van der Waals surface area contributed by atoms with Gasteiger partial charge < -0.3 is 10.1 Å². The number of nitrogens with one attached hydrogen (secondary N) is 1. The first kappa shape index (κ1) is 13.7. The molecular weight excluding hydrogens is 256 g/mol. The number of aromatic nitrogens is 1. The fourth-order valence-corrected chi connectivity index (χ4v) is 1.68. The SMILES string of the molecule is COC(=O)c1ccc(C)c(NC(=O)c2ccccn2)c1. The third kappa shape index (κ3) is 3.00. The fourth-order valence-electron chi connectivity index (χ4n) is 1.68. The minimum absolute atomic E-state index is 0.315. The number of methoxy groups -OCH3 is 1. The van der Waals surface area contributed by atoms with Gasteiger partial charge in [-0.1, -0.05) is 12.1 Å². The molecule has 1 amide bonds. The van der Waals surface area contributed by atoms with Crippen molar-refractivity contribution in [1.29, 1.82) is 0 Å². The highest BCUT2D eigenvalue weighted by Crippen LogP contribution is 2.18. The molecule has 20 heavy (non-hydrogen) atoms. The monoisotopic (exact) mass is 270 g/mol. The van der Waals surface area contributed by atoms with E-state index in [2.05, 4.69) is 15.0 Å². The molecule has 1 aromatic carbocycles. The number of aryl methyl sites for hydroxylation is 1. The van der Waals surface area contributed by atoms with E-state index in [0.717, 1.165) is 5.56 Å². The van der Waals surface area contributed by atoms with Crippen molar-refractivity contribution in [1.82, 2.24) is 4.98 Å². The summed E-state index contributed by atoms with van der Waals surface area (Å²) in [6.07, 6.45) is 1.55. The molecule has 1 aromatic heterocycles. The zero-order valence-corrected chi connectivity index (χ0v) is 11.2. The van der Waals surface area contributed by atoms with Crippen LogP contribution in [0.25, 0.3) is 0 Å². The molecule has 5 nitrogen and oxygen atoms in total. The van der Waals surface area contributed by atoms with Gasteiger partial charge in [-0.05, 0) is 36.8 Å². The molecule has 5 heteroatoms. The Morgan fingerprint density at radius 2 is 2.00 bits per heavy atom. The van der Waals surface area contributed by atoms with Crippen molar-refractivity contribution in [2.24, 2.45) is 0 Å². The topological polar surface area (TPSA) is 68.3 Å². The summed E-state index contributed by atoms with van der Waals surface area (Å²) in [5, 5.41) is 2.74. The van der Waals surface area contributed by atoms with Crippen LogP contribution in [0, 0.1) is 6.92 Å². The molecular formula is C15H14N2O3. The number of hydrogen-bond donors (Lipinski definition) is 1. The number of anilines is 1. The quantitative estimate of drug-likeness (QED) is 0.870. The molecule has 0 aliphatic rings. The molecule has 1 N–H and O–H groups in total. The number of esters is 1. The van der Waals surface area contributed by atoms with E-state index in [1.807, 2.05) is 6.92 Å². The number of ether oxygens (including phenoxy) is 1. The normalized spacial score (nSPS) is 9.90. The Morgan fingerprint density at radius 3 is 2.65 bits per heavy atom. The largest absolute Gasteiger partial charge is 0.465 e. The summed E-state index contributed by atoms with van der Waals surface area (Å²) in [4.78, 5) is 27.5. The molecule has 0 aliphatic heterocycles. The Kier molecular flexibility index (Phi) is 4.10. The van der Waals surface area contributed by atoms with Gasteiger partial charge in [0.2, 0.25) is 0 Å². The maximum absolute atomic E-state index is 12.0. The number of nitrogens with zero attached hydrogens (tertiary/aromatic N) is 1. The molecule has 0 bridgehead atoms. The lowest BCUT2D eigenvalue weighted by molar-refractivity contribution is 0.0600. The molecule has 0 radical (unpaired) electrons. The summed E-state index contributed by atoms with van der Waals surface area (Å²) in [6, 6.07) is 10.1. The van der Waals surface area contributed by atoms with Gasteiger partial charge in [-0.25, -0.2) is 4.79 Å². The summed E-state index contributed by atoms with van der Waals surface area (Å²) in [6.45, 7) is 1.84. The van der Waals surface area contributed by atoms with Crippen LogP contribution in [-0.2, 0) is 4.74 Å². The Morgan fingerprint density at radius 1 is 1.20 bits per heavy atom. The highest BCUT2D eigenvalue weighted by atomic mass is 16.5. The zero-order chi connectivity index (χ0) is 14.5. The minimum Gasteiger partial charge on any atom is -0.465 e. The van der Waals surface area contributed by atoms with E-state index in [-0.39, 0.29) is 5.91 Å². The number of benzene rings is 1. The van der Waals surface area contributed by atoms with Crippen molar-refractivity contribution in [2.75, 3.05) is 12.4 Å². The van der Waals surface area contributed by atoms with Crippen LogP contribution in [0.5, 0.6) is 0 Å². The predicted octanol–water partition coefficient (Wildman–Crippen LogP) is 2.43. The molecule has 0 saturated carbocycles. The smallest absolute Gasteiger partial charge is 0.337 e. The van der Waals surface area contributed by atoms with Crippen molar-refractivity contribution >= 4 is 17.6 Å². The molecule has 102 valence electrons. The predicted molar refractivity (Wildman–Crippen MR) is 74.7 cm³/mol. The first-order chi connectivity index (χ1) is 9.61. The van der Waals surface area contributed by atoms with Crippen molar-refractivity contribution in [3.63, 3.8) is 0 Å². The molecule has 0 aliphatic carbocycles. The van der Waals surface area contributed by atoms with Gasteiger partial charge in [-0.2, -0.15) is 0 Å². The number of carbonyl (C=O) groups is 2. The second-order valence-electron chi connectivity index (χ2n) is 4.19. The lowest BCUT2D eigenvalue weighted by Gasteiger charge is -2.09. The summed E-state index contributed by atoms with van der Waals surface area (Å²) < 4.78 is 4.66. The van der Waals surface area contributed by atoms with Crippen LogP contribution in [0.4, 0.5) is 5.69 Å². The van der Waals surface area contributed by atoms with Crippen LogP contribution in [0.15, 0.2) is 42.6 Å². The molecule has 0 unspecified atom stereocenters. The number of hydrogen-bond acceptors (Lipinski definition) is 4. The molecule has 1 heterocycles. The summed E-state index contributed by atoms with van der Waals surface area (Å²) >= 11 is 0. The highest BCUT2D eigenvalue weighted by molar-refractivity contribution is 6.04. The van der Waals surface area contributed by atoms with E-state index >= 15 is 0 Å². The van der Waals surface area contributed by atoms with Crippen LogP contribution < -0.4 is 5.32 Å². The van der Waals surface area contributed by atoms with Crippen LogP contribution in [0.2, 0.25) is 0 Å². The van der Waals surface area contributed by atoms with Gasteiger partial charge in [0.25, 0.3) is 5.91 Å². The number of amides is 1. The van der Waals surface area contributed by atoms with Gasteiger partial charge in [-0.3, -0.25) is 9.78 Å². The van der Waals surface area contributed by atoms with Crippen molar-refractivity contribution in [2.45, 2.75) is 6.92 Å². The molecule has 0 spiro atoms. The lowest BCUT2D eigenvalue weighted by atomic mass is 10.1. The maximum atomic E-state index is 12.0. The second kappa shape index (κ2) is 5.97. The van der Waals surface area contributed by atoms with Gasteiger partial charge in [0.15, 0.2) is 0 Å². The van der Waals surface area contributed by atoms with Gasteiger partial charge in [0.05, 0.1) is 12.7 Å². The van der Waals surface area contributed by atoms with E-state index in [9.17, 15) is 9.59 Å². The van der Waals surface area contributed by atoms with Gasteiger partial charge >= 0.3 is 5.97 Å². The first-order valence-corrected chi connectivity index (χ1v) is 6.03. The van der Waals surface area contributed by atoms with Crippen molar-refractivity contribution in [3.8, 4) is 0 Å². The molecule has 0 atom stereocenters. The molecule has 0 fully saturated rings. The second-order valence-corrected chi connectivity index (χ2v) is 4.19. The standard InChI is InChI=1S/C15H14N2O3/c1-10-6-7-11(15(19)20-2)9-13(10)17-14(18)12-5-3-4-8-16-12/h3-9H,1-2H3,(H,17,18). The van der Waals surface area contributed by atoms with Crippen molar-refractivity contribution in [3.05, 3.63) is 59.4 Å². The Bertz CT molecular complexity index is 639. The molecule has 2 rings (SSSR count). The third-order valence-electron chi connectivity index (χ3n) is 2.80. The van der Waals surface area contributed by atoms with Gasteiger partial charge in [0.1, 0.15) is 5.69 Å². The Labute approximate surface area is 116 Å². The Hall–Kier alpha value is -2.69. The van der Waals surface area contributed by atoms with Crippen LogP contribution >= 0.6 is 0 Å². The van der Waals surface area contributed by atoms with E-state index in [1.54, 1.807) is 42.6 Å². The van der Waals surface area contributed by atoms with E-state index in [0.29, 0.717) is 16.9 Å². The minimum atomic E-state index is -0.446. The van der Waals surface area contributed by atoms with Gasteiger partial charge in [0, 0.05) is 11.9 Å². The van der Waals surface area contributed by atoms with Crippen molar-refractivity contribution < 1.29 is 14.3 Å².